The Hall–Kier alpha value is -3.07. The lowest BCUT2D eigenvalue weighted by atomic mass is 10.2. The summed E-state index contributed by atoms with van der Waals surface area (Å²) in [6, 6.07) is 9.48. The molecule has 8 nitrogen and oxygen atoms in total. The number of phenolic OH excluding ortho intramolecular Hbond substituents is 1. The molecule has 0 saturated heterocycles. The zero-order valence-corrected chi connectivity index (χ0v) is 15.2. The van der Waals surface area contributed by atoms with E-state index in [-0.39, 0.29) is 16.5 Å². The molecule has 0 amide bonds. The maximum Gasteiger partial charge on any atom is 0.285 e. The molecule has 2 aromatic rings. The molecule has 0 radical (unpaired) electrons. The Balaban J connectivity index is 1.91. The number of fused-ring (bicyclic) bond motifs is 1. The highest BCUT2D eigenvalue weighted by Gasteiger charge is 2.31. The first-order valence-corrected chi connectivity index (χ1v) is 8.98. The highest BCUT2D eigenvalue weighted by Crippen LogP contribution is 2.31. The van der Waals surface area contributed by atoms with Gasteiger partial charge in [0.2, 0.25) is 0 Å². The second-order valence-electron chi connectivity index (χ2n) is 5.45. The minimum absolute atomic E-state index is 0.0205. The summed E-state index contributed by atoms with van der Waals surface area (Å²) < 4.78 is 38.5. The van der Waals surface area contributed by atoms with E-state index in [9.17, 15) is 13.5 Å². The number of benzene rings is 2. The van der Waals surface area contributed by atoms with Crippen LogP contribution >= 0.6 is 0 Å². The van der Waals surface area contributed by atoms with Crippen molar-refractivity contribution < 1.29 is 23.0 Å². The molecular weight excluding hydrogens is 358 g/mol. The second kappa shape index (κ2) is 6.68. The lowest BCUT2D eigenvalue weighted by Crippen LogP contribution is -2.21. The fraction of sp³-hybridized carbons (Fsp3) is 0.176. The van der Waals surface area contributed by atoms with E-state index in [2.05, 4.69) is 9.50 Å². The quantitative estimate of drug-likeness (QED) is 0.646. The number of phenols is 1. The average molecular weight is 375 g/mol. The van der Waals surface area contributed by atoms with Crippen LogP contribution in [0.15, 0.2) is 50.8 Å². The number of sulfonamides is 1. The van der Waals surface area contributed by atoms with E-state index in [0.29, 0.717) is 22.6 Å². The molecule has 0 bridgehead atoms. The van der Waals surface area contributed by atoms with Crippen LogP contribution in [0.4, 0.5) is 0 Å². The Labute approximate surface area is 151 Å². The number of hydrogen-bond acceptors (Lipinski definition) is 7. The number of ether oxygens (including phenoxy) is 2. The third-order valence-corrected chi connectivity index (χ3v) is 5.11. The largest absolute Gasteiger partial charge is 0.504 e. The molecule has 3 rings (SSSR count). The Morgan fingerprint density at radius 2 is 1.92 bits per heavy atom. The van der Waals surface area contributed by atoms with Crippen LogP contribution in [0.5, 0.6) is 17.2 Å². The minimum Gasteiger partial charge on any atom is -0.504 e. The van der Waals surface area contributed by atoms with Crippen LogP contribution < -0.4 is 9.47 Å². The van der Waals surface area contributed by atoms with E-state index in [1.807, 2.05) is 0 Å². The lowest BCUT2D eigenvalue weighted by molar-refractivity contribution is 0.373. The van der Waals surface area contributed by atoms with Gasteiger partial charge in [-0.15, -0.1) is 4.40 Å². The van der Waals surface area contributed by atoms with E-state index < -0.39 is 10.0 Å². The summed E-state index contributed by atoms with van der Waals surface area (Å²) in [5.41, 5.74) is 1.12. The van der Waals surface area contributed by atoms with Crippen molar-refractivity contribution in [2.75, 3.05) is 21.3 Å². The summed E-state index contributed by atoms with van der Waals surface area (Å²) in [6.45, 7) is 0. The molecule has 1 heterocycles. The van der Waals surface area contributed by atoms with Crippen LogP contribution in [0, 0.1) is 0 Å². The molecule has 0 fully saturated rings. The molecule has 0 atom stereocenters. The molecule has 0 unspecified atom stereocenters. The van der Waals surface area contributed by atoms with Crippen LogP contribution in [-0.2, 0) is 10.0 Å². The van der Waals surface area contributed by atoms with Gasteiger partial charge >= 0.3 is 0 Å². The van der Waals surface area contributed by atoms with Gasteiger partial charge in [0.15, 0.2) is 17.3 Å². The molecule has 1 aliphatic rings. The van der Waals surface area contributed by atoms with Crippen molar-refractivity contribution >= 4 is 22.1 Å². The van der Waals surface area contributed by atoms with E-state index >= 15 is 0 Å². The van der Waals surface area contributed by atoms with E-state index in [0.717, 1.165) is 0 Å². The first-order valence-electron chi connectivity index (χ1n) is 7.54. The van der Waals surface area contributed by atoms with Crippen LogP contribution in [-0.4, -0.2) is 51.9 Å². The van der Waals surface area contributed by atoms with Crippen LogP contribution in [0.3, 0.4) is 0 Å². The monoisotopic (exact) mass is 375 g/mol. The van der Waals surface area contributed by atoms with Crippen molar-refractivity contribution in [1.82, 2.24) is 5.01 Å². The third kappa shape index (κ3) is 3.21. The number of methoxy groups -OCH3 is 2. The topological polar surface area (TPSA) is 101 Å². The predicted octanol–water partition coefficient (Wildman–Crippen LogP) is 1.82. The second-order valence-corrected chi connectivity index (χ2v) is 7.02. The minimum atomic E-state index is -3.79. The molecule has 26 heavy (non-hydrogen) atoms. The van der Waals surface area contributed by atoms with Crippen molar-refractivity contribution in [3.8, 4) is 17.2 Å². The SMILES string of the molecule is COc1ccc2c(c1)S(=O)(=O)N=C2N(C)N=Cc1ccc(O)c(OC)c1. The number of hydrazone groups is 1. The number of aromatic hydroxyl groups is 1. The van der Waals surface area contributed by atoms with Crippen molar-refractivity contribution in [3.05, 3.63) is 47.5 Å². The zero-order chi connectivity index (χ0) is 18.9. The lowest BCUT2D eigenvalue weighted by Gasteiger charge is -2.13. The molecule has 1 aliphatic heterocycles. The van der Waals surface area contributed by atoms with Crippen LogP contribution in [0.2, 0.25) is 0 Å². The fourth-order valence-electron chi connectivity index (χ4n) is 2.46. The summed E-state index contributed by atoms with van der Waals surface area (Å²) in [5, 5.41) is 15.2. The van der Waals surface area contributed by atoms with Gasteiger partial charge in [-0.3, -0.25) is 0 Å². The van der Waals surface area contributed by atoms with E-state index in [1.165, 1.54) is 37.6 Å². The van der Waals surface area contributed by atoms with Crippen molar-refractivity contribution in [1.29, 1.82) is 0 Å². The molecule has 0 saturated carbocycles. The number of hydrogen-bond donors (Lipinski definition) is 1. The van der Waals surface area contributed by atoms with Crippen molar-refractivity contribution in [2.45, 2.75) is 4.90 Å². The molecule has 0 aliphatic carbocycles. The van der Waals surface area contributed by atoms with Crippen molar-refractivity contribution in [3.63, 3.8) is 0 Å². The maximum atomic E-state index is 12.3. The summed E-state index contributed by atoms with van der Waals surface area (Å²) >= 11 is 0. The van der Waals surface area contributed by atoms with Gasteiger partial charge in [0.1, 0.15) is 10.6 Å². The average Bonchev–Trinajstić information content (AvgIpc) is 2.91. The maximum absolute atomic E-state index is 12.3. The van der Waals surface area contributed by atoms with E-state index in [4.69, 9.17) is 9.47 Å². The number of nitrogens with zero attached hydrogens (tertiary/aromatic N) is 3. The van der Waals surface area contributed by atoms with Gasteiger partial charge in [-0.05, 0) is 35.9 Å². The molecular formula is C17H17N3O5S. The van der Waals surface area contributed by atoms with Gasteiger partial charge < -0.3 is 14.6 Å². The molecule has 0 spiro atoms. The zero-order valence-electron chi connectivity index (χ0n) is 14.4. The first kappa shape index (κ1) is 17.7. The third-order valence-electron chi connectivity index (χ3n) is 3.80. The Morgan fingerprint density at radius 1 is 1.15 bits per heavy atom. The Kier molecular flexibility index (Phi) is 4.56. The van der Waals surface area contributed by atoms with Crippen LogP contribution in [0.25, 0.3) is 0 Å². The predicted molar refractivity (Wildman–Crippen MR) is 96.7 cm³/mol. The fourth-order valence-corrected chi connectivity index (χ4v) is 3.70. The van der Waals surface area contributed by atoms with Crippen LogP contribution in [0.1, 0.15) is 11.1 Å². The molecule has 1 N–H and O–H groups in total. The van der Waals surface area contributed by atoms with E-state index in [1.54, 1.807) is 31.3 Å². The van der Waals surface area contributed by atoms with Gasteiger partial charge in [-0.2, -0.15) is 13.5 Å². The Morgan fingerprint density at radius 3 is 2.62 bits per heavy atom. The summed E-state index contributed by atoms with van der Waals surface area (Å²) in [7, 11) is 0.722. The summed E-state index contributed by atoms with van der Waals surface area (Å²) in [6.07, 6.45) is 1.51. The number of rotatable bonds is 4. The Bertz CT molecular complexity index is 1020. The number of amidine groups is 1. The van der Waals surface area contributed by atoms with Gasteiger partial charge in [0.05, 0.1) is 20.4 Å². The van der Waals surface area contributed by atoms with Gasteiger partial charge in [0, 0.05) is 18.7 Å². The smallest absolute Gasteiger partial charge is 0.285 e. The molecule has 2 aromatic carbocycles. The highest BCUT2D eigenvalue weighted by molar-refractivity contribution is 7.90. The van der Waals surface area contributed by atoms with Gasteiger partial charge in [-0.25, -0.2) is 5.01 Å². The highest BCUT2D eigenvalue weighted by atomic mass is 32.2. The standard InChI is InChI=1S/C17H17N3O5S/c1-20(18-10-11-4-7-14(21)15(8-11)25-3)17-13-6-5-12(24-2)9-16(13)26(22,23)19-17/h4-10,21H,1-3H3. The van der Waals surface area contributed by atoms with Gasteiger partial charge in [-0.1, -0.05) is 0 Å². The van der Waals surface area contributed by atoms with Crippen molar-refractivity contribution in [2.24, 2.45) is 9.50 Å². The molecule has 9 heteroatoms. The first-order chi connectivity index (χ1) is 12.4. The molecule has 136 valence electrons. The summed E-state index contributed by atoms with van der Waals surface area (Å²) in [5.74, 6) is 0.984. The summed E-state index contributed by atoms with van der Waals surface area (Å²) in [4.78, 5) is 0.0835. The normalized spacial score (nSPS) is 14.8. The van der Waals surface area contributed by atoms with Gasteiger partial charge in [0.25, 0.3) is 10.0 Å². The molecule has 0 aromatic heterocycles.